The van der Waals surface area contributed by atoms with E-state index in [1.54, 1.807) is 11.3 Å². The van der Waals surface area contributed by atoms with Crippen molar-refractivity contribution in [3.8, 4) is 0 Å². The quantitative estimate of drug-likeness (QED) is 0.649. The van der Waals surface area contributed by atoms with Gasteiger partial charge in [-0.05, 0) is 38.7 Å². The number of rotatable bonds is 8. The van der Waals surface area contributed by atoms with Crippen molar-refractivity contribution in [2.45, 2.75) is 60.0 Å². The van der Waals surface area contributed by atoms with Crippen molar-refractivity contribution < 1.29 is 9.69 Å². The number of aromatic amines is 1. The van der Waals surface area contributed by atoms with Crippen LogP contribution in [-0.2, 0) is 17.8 Å². The maximum absolute atomic E-state index is 12.7. The number of carbonyl (C=O) groups excluding carboxylic acids is 1. The van der Waals surface area contributed by atoms with E-state index in [2.05, 4.69) is 36.1 Å². The Morgan fingerprint density at radius 3 is 2.65 bits per heavy atom. The number of nitrogens with one attached hydrogen (secondary N) is 3. The third-order valence-electron chi connectivity index (χ3n) is 4.54. The molecular weight excluding hydrogens is 348 g/mol. The molecule has 2 aromatic heterocycles. The van der Waals surface area contributed by atoms with E-state index in [0.29, 0.717) is 24.8 Å². The van der Waals surface area contributed by atoms with E-state index < -0.39 is 0 Å². The zero-order valence-electron chi connectivity index (χ0n) is 16.7. The van der Waals surface area contributed by atoms with Gasteiger partial charge < -0.3 is 15.2 Å². The molecule has 144 valence electrons. The van der Waals surface area contributed by atoms with Crippen molar-refractivity contribution in [2.75, 3.05) is 13.6 Å². The average Bonchev–Trinajstić information content (AvgIpc) is 2.81. The zero-order valence-corrected chi connectivity index (χ0v) is 17.5. The highest BCUT2D eigenvalue weighted by Crippen LogP contribution is 2.29. The highest BCUT2D eigenvalue weighted by atomic mass is 32.1. The van der Waals surface area contributed by atoms with Crippen molar-refractivity contribution in [1.29, 1.82) is 0 Å². The highest BCUT2D eigenvalue weighted by Gasteiger charge is 2.18. The molecular formula is C19H31N4O2S+. The van der Waals surface area contributed by atoms with Gasteiger partial charge in [0.1, 0.15) is 11.4 Å². The summed E-state index contributed by atoms with van der Waals surface area (Å²) >= 11 is 1.59. The number of aromatic nitrogens is 2. The van der Waals surface area contributed by atoms with Crippen molar-refractivity contribution in [3.63, 3.8) is 0 Å². The van der Waals surface area contributed by atoms with Gasteiger partial charge in [0, 0.05) is 10.9 Å². The molecule has 0 aliphatic carbocycles. The number of H-pyrrole nitrogens is 1. The van der Waals surface area contributed by atoms with E-state index in [4.69, 9.17) is 0 Å². The second-order valence-corrected chi connectivity index (χ2v) is 8.78. The molecule has 26 heavy (non-hydrogen) atoms. The number of fused-ring (bicyclic) bond motifs is 1. The first-order valence-electron chi connectivity index (χ1n) is 9.33. The van der Waals surface area contributed by atoms with Crippen LogP contribution in [0.2, 0.25) is 0 Å². The van der Waals surface area contributed by atoms with Crippen LogP contribution in [0.25, 0.3) is 10.2 Å². The Morgan fingerprint density at radius 1 is 1.35 bits per heavy atom. The second kappa shape index (κ2) is 8.77. The fraction of sp³-hybridized carbons (Fsp3) is 0.632. The van der Waals surface area contributed by atoms with Gasteiger partial charge in [-0.1, -0.05) is 20.3 Å². The molecule has 0 saturated carbocycles. The Labute approximate surface area is 159 Å². The first kappa shape index (κ1) is 20.6. The van der Waals surface area contributed by atoms with Crippen molar-refractivity contribution in [1.82, 2.24) is 15.3 Å². The smallest absolute Gasteiger partial charge is 0.275 e. The van der Waals surface area contributed by atoms with Crippen LogP contribution in [-0.4, -0.2) is 35.5 Å². The number of carbonyl (C=O) groups is 1. The molecule has 0 fully saturated rings. The molecule has 3 N–H and O–H groups in total. The van der Waals surface area contributed by atoms with E-state index in [1.165, 1.54) is 4.88 Å². The van der Waals surface area contributed by atoms with Gasteiger partial charge in [0.05, 0.1) is 12.4 Å². The Balaban J connectivity index is 2.21. The molecule has 6 nitrogen and oxygen atoms in total. The number of quaternary nitrogens is 1. The number of likely N-dealkylation sites (N-methyl/N-ethyl adjacent to an activating group) is 1. The minimum Gasteiger partial charge on any atom is -0.349 e. The largest absolute Gasteiger partial charge is 0.349 e. The van der Waals surface area contributed by atoms with Gasteiger partial charge in [0.25, 0.3) is 11.5 Å². The maximum Gasteiger partial charge on any atom is 0.275 e. The van der Waals surface area contributed by atoms with E-state index in [0.717, 1.165) is 33.5 Å². The maximum atomic E-state index is 12.7. The number of nitrogens with zero attached hydrogens (tertiary/aromatic N) is 1. The monoisotopic (exact) mass is 379 g/mol. The third-order valence-corrected chi connectivity index (χ3v) is 5.58. The van der Waals surface area contributed by atoms with Crippen LogP contribution in [0.5, 0.6) is 0 Å². The number of hydrogen-bond donors (Lipinski definition) is 3. The minimum atomic E-state index is -0.0629. The van der Waals surface area contributed by atoms with Crippen molar-refractivity contribution >= 4 is 27.5 Å². The number of thiophene rings is 1. The third kappa shape index (κ3) is 5.14. The summed E-state index contributed by atoms with van der Waals surface area (Å²) in [5.41, 5.74) is 1.07. The van der Waals surface area contributed by atoms with E-state index in [1.807, 2.05) is 20.9 Å². The summed E-state index contributed by atoms with van der Waals surface area (Å²) in [5, 5.41) is 3.63. The molecule has 2 rings (SSSR count). The lowest BCUT2D eigenvalue weighted by Gasteiger charge is -2.14. The van der Waals surface area contributed by atoms with Crippen LogP contribution >= 0.6 is 11.3 Å². The molecule has 2 atom stereocenters. The lowest BCUT2D eigenvalue weighted by atomic mass is 9.98. The Kier molecular flexibility index (Phi) is 6.94. The molecule has 0 aliphatic rings. The molecule has 7 heteroatoms. The first-order chi connectivity index (χ1) is 12.2. The standard InChI is InChI=1S/C19H30N4O2S/c1-7-12(4)8-14-13(5)26-19-17(14)18(25)21-15(22-19)9-23(6)10-16(24)20-11(2)3/h11-12H,7-10H2,1-6H3,(H,20,24)(H,21,22,25)/p+1/t12-/m0/s1. The van der Waals surface area contributed by atoms with Crippen LogP contribution in [0.15, 0.2) is 4.79 Å². The predicted octanol–water partition coefficient (Wildman–Crippen LogP) is 1.42. The summed E-state index contributed by atoms with van der Waals surface area (Å²) in [7, 11) is 1.93. The molecule has 0 radical (unpaired) electrons. The predicted molar refractivity (Wildman–Crippen MR) is 107 cm³/mol. The highest BCUT2D eigenvalue weighted by molar-refractivity contribution is 7.18. The summed E-state index contributed by atoms with van der Waals surface area (Å²) in [6.07, 6.45) is 2.00. The fourth-order valence-corrected chi connectivity index (χ4v) is 4.11. The summed E-state index contributed by atoms with van der Waals surface area (Å²) in [5.74, 6) is 1.18. The van der Waals surface area contributed by atoms with Crippen LogP contribution in [0.3, 0.4) is 0 Å². The van der Waals surface area contributed by atoms with Gasteiger partial charge in [0.15, 0.2) is 12.4 Å². The summed E-state index contributed by atoms with van der Waals surface area (Å²) < 4.78 is 0. The molecule has 0 bridgehead atoms. The average molecular weight is 380 g/mol. The number of aryl methyl sites for hydroxylation is 1. The van der Waals surface area contributed by atoms with Crippen LogP contribution < -0.4 is 15.8 Å². The van der Waals surface area contributed by atoms with Gasteiger partial charge >= 0.3 is 0 Å². The minimum absolute atomic E-state index is 0.00346. The first-order valence-corrected chi connectivity index (χ1v) is 10.1. The van der Waals surface area contributed by atoms with Crippen LogP contribution in [0.1, 0.15) is 50.4 Å². The summed E-state index contributed by atoms with van der Waals surface area (Å²) in [4.78, 5) is 35.1. The number of amides is 1. The summed E-state index contributed by atoms with van der Waals surface area (Å²) in [6.45, 7) is 11.2. The lowest BCUT2D eigenvalue weighted by Crippen LogP contribution is -3.09. The van der Waals surface area contributed by atoms with Crippen molar-refractivity contribution in [3.05, 3.63) is 26.6 Å². The van der Waals surface area contributed by atoms with Gasteiger partial charge in [-0.3, -0.25) is 9.59 Å². The Bertz CT molecular complexity index is 825. The van der Waals surface area contributed by atoms with Gasteiger partial charge in [-0.25, -0.2) is 4.98 Å². The van der Waals surface area contributed by atoms with Gasteiger partial charge in [-0.2, -0.15) is 0 Å². The van der Waals surface area contributed by atoms with Gasteiger partial charge in [0.2, 0.25) is 0 Å². The zero-order chi connectivity index (χ0) is 19.4. The SMILES string of the molecule is CC[C@H](C)Cc1c(C)sc2nc(C[NH+](C)CC(=O)NC(C)C)[nH]c(=O)c12. The normalized spacial score (nSPS) is 14.0. The topological polar surface area (TPSA) is 79.3 Å². The summed E-state index contributed by atoms with van der Waals surface area (Å²) in [6, 6.07) is 0.127. The van der Waals surface area contributed by atoms with Gasteiger partial charge in [-0.15, -0.1) is 11.3 Å². The molecule has 1 amide bonds. The van der Waals surface area contributed by atoms with Crippen LogP contribution in [0, 0.1) is 12.8 Å². The number of hydrogen-bond acceptors (Lipinski definition) is 4. The Hall–Kier alpha value is -1.73. The molecule has 0 aliphatic heterocycles. The van der Waals surface area contributed by atoms with Crippen molar-refractivity contribution in [2.24, 2.45) is 5.92 Å². The van der Waals surface area contributed by atoms with Crippen LogP contribution in [0.4, 0.5) is 0 Å². The second-order valence-electron chi connectivity index (χ2n) is 7.58. The lowest BCUT2D eigenvalue weighted by molar-refractivity contribution is -0.886. The fourth-order valence-electron chi connectivity index (χ4n) is 3.04. The molecule has 0 spiro atoms. The van der Waals surface area contributed by atoms with E-state index in [9.17, 15) is 9.59 Å². The Morgan fingerprint density at radius 2 is 2.04 bits per heavy atom. The molecule has 0 aromatic carbocycles. The molecule has 1 unspecified atom stereocenters. The molecule has 2 aromatic rings. The molecule has 0 saturated heterocycles. The van der Waals surface area contributed by atoms with E-state index >= 15 is 0 Å². The van der Waals surface area contributed by atoms with E-state index in [-0.39, 0.29) is 17.5 Å². The molecule has 2 heterocycles.